The van der Waals surface area contributed by atoms with Crippen LogP contribution in [0.2, 0.25) is 0 Å². The van der Waals surface area contributed by atoms with E-state index in [0.717, 1.165) is 0 Å². The Morgan fingerprint density at radius 1 is 1.42 bits per heavy atom. The highest BCUT2D eigenvalue weighted by atomic mass is 16.3. The van der Waals surface area contributed by atoms with Crippen molar-refractivity contribution in [2.24, 2.45) is 5.41 Å². The molecule has 1 aromatic heterocycles. The van der Waals surface area contributed by atoms with Gasteiger partial charge in [0.1, 0.15) is 0 Å². The molecular weight excluding hydrogens is 244 g/mol. The highest BCUT2D eigenvalue weighted by molar-refractivity contribution is 5.75. The number of hydrogen-bond donors (Lipinski definition) is 2. The predicted molar refractivity (Wildman–Crippen MR) is 73.8 cm³/mol. The van der Waals surface area contributed by atoms with Gasteiger partial charge in [-0.2, -0.15) is 0 Å². The lowest BCUT2D eigenvalue weighted by Gasteiger charge is -2.23. The first-order valence-electron chi connectivity index (χ1n) is 6.48. The molecule has 0 unspecified atom stereocenters. The topological polar surface area (TPSA) is 71.3 Å². The Hall–Kier alpha value is -1.62. The molecule has 5 nitrogen and oxygen atoms in total. The third-order valence-electron chi connectivity index (χ3n) is 3.03. The van der Waals surface area contributed by atoms with Gasteiger partial charge < -0.3 is 15.0 Å². The third kappa shape index (κ3) is 5.70. The molecule has 0 aliphatic carbocycles. The molecule has 1 rings (SSSR count). The number of aromatic nitrogens is 1. The number of hydrogen-bond acceptors (Lipinski definition) is 3. The van der Waals surface area contributed by atoms with Crippen molar-refractivity contribution in [2.75, 3.05) is 13.2 Å². The summed E-state index contributed by atoms with van der Waals surface area (Å²) in [7, 11) is 0. The minimum absolute atomic E-state index is 0.0817. The third-order valence-corrected chi connectivity index (χ3v) is 3.03. The van der Waals surface area contributed by atoms with Crippen molar-refractivity contribution in [1.82, 2.24) is 9.88 Å². The number of rotatable bonds is 7. The zero-order valence-corrected chi connectivity index (χ0v) is 11.6. The molecule has 106 valence electrons. The van der Waals surface area contributed by atoms with E-state index < -0.39 is 0 Å². The zero-order chi connectivity index (χ0) is 14.3. The Bertz CT molecular complexity index is 466. The fourth-order valence-corrected chi connectivity index (χ4v) is 1.68. The van der Waals surface area contributed by atoms with Gasteiger partial charge in [0.05, 0.1) is 0 Å². The number of aryl methyl sites for hydroxylation is 1. The molecule has 0 aliphatic rings. The van der Waals surface area contributed by atoms with Gasteiger partial charge in [-0.05, 0) is 17.9 Å². The van der Waals surface area contributed by atoms with E-state index in [1.54, 1.807) is 18.3 Å². The minimum atomic E-state index is -0.117. The molecule has 0 aliphatic heterocycles. The number of amides is 1. The first-order chi connectivity index (χ1) is 8.94. The average Bonchev–Trinajstić information content (AvgIpc) is 2.35. The molecule has 19 heavy (non-hydrogen) atoms. The minimum Gasteiger partial charge on any atom is -0.396 e. The first-order valence-corrected chi connectivity index (χ1v) is 6.48. The number of carbonyl (C=O) groups is 1. The molecule has 0 fully saturated rings. The van der Waals surface area contributed by atoms with Crippen LogP contribution in [0.4, 0.5) is 0 Å². The quantitative estimate of drug-likeness (QED) is 0.765. The first kappa shape index (κ1) is 15.4. The fraction of sp³-hybridized carbons (Fsp3) is 0.571. The monoisotopic (exact) mass is 266 g/mol. The lowest BCUT2D eigenvalue weighted by atomic mass is 9.90. The number of nitrogens with one attached hydrogen (secondary N) is 1. The van der Waals surface area contributed by atoms with Crippen molar-refractivity contribution in [3.63, 3.8) is 0 Å². The van der Waals surface area contributed by atoms with Gasteiger partial charge in [0.2, 0.25) is 5.91 Å². The van der Waals surface area contributed by atoms with Gasteiger partial charge in [-0.1, -0.05) is 19.9 Å². The van der Waals surface area contributed by atoms with Crippen LogP contribution in [0.3, 0.4) is 0 Å². The molecule has 1 aromatic rings. The van der Waals surface area contributed by atoms with Gasteiger partial charge in [0, 0.05) is 38.4 Å². The molecule has 0 radical (unpaired) electrons. The molecule has 0 saturated heterocycles. The second kappa shape index (κ2) is 7.09. The molecule has 0 atom stereocenters. The number of aliphatic hydroxyl groups excluding tert-OH is 1. The van der Waals surface area contributed by atoms with E-state index in [9.17, 15) is 9.59 Å². The number of pyridine rings is 1. The largest absolute Gasteiger partial charge is 0.396 e. The van der Waals surface area contributed by atoms with Gasteiger partial charge >= 0.3 is 0 Å². The Labute approximate surface area is 113 Å². The van der Waals surface area contributed by atoms with Gasteiger partial charge in [0.25, 0.3) is 5.56 Å². The Morgan fingerprint density at radius 3 is 2.79 bits per heavy atom. The maximum Gasteiger partial charge on any atom is 0.250 e. The van der Waals surface area contributed by atoms with Crippen LogP contribution in [-0.2, 0) is 11.3 Å². The lowest BCUT2D eigenvalue weighted by molar-refractivity contribution is -0.121. The smallest absolute Gasteiger partial charge is 0.250 e. The SMILES string of the molecule is CC(C)(CCO)CNC(=O)CCn1ccccc1=O. The molecule has 0 aromatic carbocycles. The van der Waals surface area contributed by atoms with Crippen molar-refractivity contribution in [1.29, 1.82) is 0 Å². The standard InChI is InChI=1S/C14H22N2O3/c1-14(2,7-10-17)11-15-12(18)6-9-16-8-4-3-5-13(16)19/h3-5,8,17H,6-7,9-11H2,1-2H3,(H,15,18). The molecule has 0 saturated carbocycles. The van der Waals surface area contributed by atoms with Crippen LogP contribution < -0.4 is 10.9 Å². The lowest BCUT2D eigenvalue weighted by Crippen LogP contribution is -2.35. The van der Waals surface area contributed by atoms with Crippen molar-refractivity contribution in [2.45, 2.75) is 33.2 Å². The maximum absolute atomic E-state index is 11.7. The highest BCUT2D eigenvalue weighted by Crippen LogP contribution is 2.17. The molecule has 2 N–H and O–H groups in total. The summed E-state index contributed by atoms with van der Waals surface area (Å²) in [6, 6.07) is 4.92. The maximum atomic E-state index is 11.7. The Morgan fingerprint density at radius 2 is 2.16 bits per heavy atom. The van der Waals surface area contributed by atoms with Crippen LogP contribution in [0.15, 0.2) is 29.2 Å². The van der Waals surface area contributed by atoms with Crippen LogP contribution in [-0.4, -0.2) is 28.7 Å². The second-order valence-corrected chi connectivity index (χ2v) is 5.40. The highest BCUT2D eigenvalue weighted by Gasteiger charge is 2.17. The van der Waals surface area contributed by atoms with E-state index in [4.69, 9.17) is 5.11 Å². The van der Waals surface area contributed by atoms with Crippen molar-refractivity contribution in [3.05, 3.63) is 34.7 Å². The zero-order valence-electron chi connectivity index (χ0n) is 11.6. The Balaban J connectivity index is 2.37. The molecular formula is C14H22N2O3. The molecule has 1 amide bonds. The molecule has 5 heteroatoms. The summed E-state index contributed by atoms with van der Waals surface area (Å²) in [5.41, 5.74) is -0.218. The number of aliphatic hydroxyl groups is 1. The fourth-order valence-electron chi connectivity index (χ4n) is 1.68. The average molecular weight is 266 g/mol. The summed E-state index contributed by atoms with van der Waals surface area (Å²) < 4.78 is 1.51. The Kier molecular flexibility index (Phi) is 5.76. The second-order valence-electron chi connectivity index (χ2n) is 5.40. The van der Waals surface area contributed by atoms with E-state index in [2.05, 4.69) is 5.32 Å². The summed E-state index contributed by atoms with van der Waals surface area (Å²) in [5, 5.41) is 11.7. The van der Waals surface area contributed by atoms with Gasteiger partial charge in [0.15, 0.2) is 0 Å². The van der Waals surface area contributed by atoms with Crippen molar-refractivity contribution < 1.29 is 9.90 Å². The molecule has 0 bridgehead atoms. The van der Waals surface area contributed by atoms with Gasteiger partial charge in [-0.3, -0.25) is 9.59 Å². The van der Waals surface area contributed by atoms with E-state index in [0.29, 0.717) is 19.5 Å². The van der Waals surface area contributed by atoms with E-state index in [-0.39, 0.29) is 29.9 Å². The van der Waals surface area contributed by atoms with Crippen molar-refractivity contribution in [3.8, 4) is 0 Å². The summed E-state index contributed by atoms with van der Waals surface area (Å²) >= 11 is 0. The van der Waals surface area contributed by atoms with Crippen LogP contribution in [0, 0.1) is 5.41 Å². The number of nitrogens with zero attached hydrogens (tertiary/aromatic N) is 1. The number of carbonyl (C=O) groups excluding carboxylic acids is 1. The van der Waals surface area contributed by atoms with Crippen LogP contribution in [0.5, 0.6) is 0 Å². The van der Waals surface area contributed by atoms with Gasteiger partial charge in [-0.25, -0.2) is 0 Å². The summed E-state index contributed by atoms with van der Waals surface area (Å²) in [4.78, 5) is 23.1. The van der Waals surface area contributed by atoms with Crippen LogP contribution in [0.1, 0.15) is 26.7 Å². The van der Waals surface area contributed by atoms with Crippen molar-refractivity contribution >= 4 is 5.91 Å². The van der Waals surface area contributed by atoms with Gasteiger partial charge in [-0.15, -0.1) is 0 Å². The van der Waals surface area contributed by atoms with E-state index >= 15 is 0 Å². The molecule has 0 spiro atoms. The summed E-state index contributed by atoms with van der Waals surface area (Å²) in [6.45, 7) is 5.00. The van der Waals surface area contributed by atoms with E-state index in [1.807, 2.05) is 13.8 Å². The van der Waals surface area contributed by atoms with Crippen LogP contribution >= 0.6 is 0 Å². The molecule has 1 heterocycles. The summed E-state index contributed by atoms with van der Waals surface area (Å²) in [6.07, 6.45) is 2.59. The summed E-state index contributed by atoms with van der Waals surface area (Å²) in [5.74, 6) is -0.0817. The van der Waals surface area contributed by atoms with Crippen LogP contribution in [0.25, 0.3) is 0 Å². The predicted octanol–water partition coefficient (Wildman–Crippen LogP) is 0.763. The van der Waals surface area contributed by atoms with E-state index in [1.165, 1.54) is 10.6 Å². The normalized spacial score (nSPS) is 11.3.